The van der Waals surface area contributed by atoms with E-state index in [1.807, 2.05) is 25.1 Å². The van der Waals surface area contributed by atoms with Crippen LogP contribution < -0.4 is 5.32 Å². The molecule has 0 unspecified atom stereocenters. The molecule has 1 saturated carbocycles. The van der Waals surface area contributed by atoms with E-state index in [1.54, 1.807) is 0 Å². The van der Waals surface area contributed by atoms with E-state index in [4.69, 9.17) is 0 Å². The maximum absolute atomic E-state index is 12.3. The third-order valence-corrected chi connectivity index (χ3v) is 6.36. The number of aliphatic hydroxyl groups is 1. The number of carbonyl (C=O) groups is 1. The molecular weight excluding hydrogens is 338 g/mol. The molecule has 3 atom stereocenters. The number of aliphatic hydroxyl groups excluding tert-OH is 1. The van der Waals surface area contributed by atoms with Gasteiger partial charge >= 0.3 is 0 Å². The summed E-state index contributed by atoms with van der Waals surface area (Å²) in [5.41, 5.74) is 1.18. The summed E-state index contributed by atoms with van der Waals surface area (Å²) < 4.78 is 0. The molecule has 27 heavy (non-hydrogen) atoms. The van der Waals surface area contributed by atoms with Gasteiger partial charge in [0.05, 0.1) is 12.6 Å². The van der Waals surface area contributed by atoms with Crippen LogP contribution >= 0.6 is 0 Å². The average molecular weight is 374 g/mol. The summed E-state index contributed by atoms with van der Waals surface area (Å²) in [5, 5.41) is 14.0. The largest absolute Gasteiger partial charge is 0.391 e. The van der Waals surface area contributed by atoms with Crippen molar-refractivity contribution >= 4 is 5.91 Å². The number of benzene rings is 1. The van der Waals surface area contributed by atoms with Crippen molar-refractivity contribution in [2.75, 3.05) is 40.3 Å². The molecule has 1 heterocycles. The molecule has 3 rings (SSSR count). The van der Waals surface area contributed by atoms with Crippen molar-refractivity contribution in [3.05, 3.63) is 35.9 Å². The summed E-state index contributed by atoms with van der Waals surface area (Å²) in [6, 6.07) is 10.8. The lowest BCUT2D eigenvalue weighted by Gasteiger charge is -2.34. The van der Waals surface area contributed by atoms with E-state index in [-0.39, 0.29) is 23.5 Å². The van der Waals surface area contributed by atoms with E-state index in [1.165, 1.54) is 18.4 Å². The minimum absolute atomic E-state index is 0.0659. The first-order valence-corrected chi connectivity index (χ1v) is 10.4. The van der Waals surface area contributed by atoms with Crippen LogP contribution in [0.1, 0.15) is 44.1 Å². The van der Waals surface area contributed by atoms with Gasteiger partial charge in [0.1, 0.15) is 0 Å². The molecule has 1 aromatic rings. The highest BCUT2D eigenvalue weighted by Gasteiger charge is 2.40. The summed E-state index contributed by atoms with van der Waals surface area (Å²) in [6.45, 7) is 3.27. The fraction of sp³-hybridized carbons (Fsp3) is 0.682. The lowest BCUT2D eigenvalue weighted by molar-refractivity contribution is -0.122. The molecule has 1 aliphatic carbocycles. The summed E-state index contributed by atoms with van der Waals surface area (Å²) in [5.74, 6) is 0.0659. The zero-order valence-corrected chi connectivity index (χ0v) is 16.9. The zero-order chi connectivity index (χ0) is 19.3. The first kappa shape index (κ1) is 20.3. The Kier molecular flexibility index (Phi) is 6.90. The van der Waals surface area contributed by atoms with Crippen molar-refractivity contribution in [3.8, 4) is 0 Å². The highest BCUT2D eigenvalue weighted by atomic mass is 16.3. The van der Waals surface area contributed by atoms with Crippen molar-refractivity contribution < 1.29 is 9.90 Å². The Morgan fingerprint density at radius 1 is 1.19 bits per heavy atom. The minimum atomic E-state index is -0.272. The molecule has 1 amide bonds. The SMILES string of the molecule is CN(C)CC(=O)NC[C@@]1(c2ccccc2)CC[C@H](O)[C@@H](N2CCCC2)CC1. The minimum Gasteiger partial charge on any atom is -0.391 e. The van der Waals surface area contributed by atoms with E-state index < -0.39 is 0 Å². The third-order valence-electron chi connectivity index (χ3n) is 6.36. The number of rotatable bonds is 6. The van der Waals surface area contributed by atoms with Gasteiger partial charge < -0.3 is 15.3 Å². The van der Waals surface area contributed by atoms with Crippen LogP contribution in [0.15, 0.2) is 30.3 Å². The van der Waals surface area contributed by atoms with Crippen molar-refractivity contribution in [3.63, 3.8) is 0 Å². The molecule has 0 bridgehead atoms. The van der Waals surface area contributed by atoms with Crippen LogP contribution in [0.4, 0.5) is 0 Å². The average Bonchev–Trinajstić information content (AvgIpc) is 3.12. The van der Waals surface area contributed by atoms with E-state index in [0.717, 1.165) is 38.8 Å². The predicted molar refractivity (Wildman–Crippen MR) is 109 cm³/mol. The maximum Gasteiger partial charge on any atom is 0.234 e. The van der Waals surface area contributed by atoms with Gasteiger partial charge in [-0.1, -0.05) is 30.3 Å². The van der Waals surface area contributed by atoms with Crippen LogP contribution in [0.3, 0.4) is 0 Å². The molecule has 0 radical (unpaired) electrons. The second-order valence-electron chi connectivity index (χ2n) is 8.62. The monoisotopic (exact) mass is 373 g/mol. The van der Waals surface area contributed by atoms with Crippen LogP contribution in [0.25, 0.3) is 0 Å². The van der Waals surface area contributed by atoms with Crippen molar-refractivity contribution in [1.29, 1.82) is 0 Å². The molecule has 2 N–H and O–H groups in total. The number of amides is 1. The molecule has 0 aromatic heterocycles. The fourth-order valence-electron chi connectivity index (χ4n) is 4.83. The number of carbonyl (C=O) groups excluding carboxylic acids is 1. The summed E-state index contributed by atoms with van der Waals surface area (Å²) in [6.07, 6.45) is 5.90. The number of likely N-dealkylation sites (N-methyl/N-ethyl adjacent to an activating group) is 1. The summed E-state index contributed by atoms with van der Waals surface area (Å²) in [7, 11) is 3.82. The van der Waals surface area contributed by atoms with Crippen LogP contribution in [-0.4, -0.2) is 73.2 Å². The Hall–Kier alpha value is -1.43. The van der Waals surface area contributed by atoms with Gasteiger partial charge in [-0.05, 0) is 71.3 Å². The van der Waals surface area contributed by atoms with Gasteiger partial charge in [-0.15, -0.1) is 0 Å². The second kappa shape index (κ2) is 9.18. The first-order chi connectivity index (χ1) is 13.0. The topological polar surface area (TPSA) is 55.8 Å². The quantitative estimate of drug-likeness (QED) is 0.749. The van der Waals surface area contributed by atoms with Gasteiger partial charge in [0.25, 0.3) is 0 Å². The Labute approximate surface area is 163 Å². The highest BCUT2D eigenvalue weighted by Crippen LogP contribution is 2.39. The number of nitrogens with zero attached hydrogens (tertiary/aromatic N) is 2. The van der Waals surface area contributed by atoms with Crippen molar-refractivity contribution in [2.45, 2.75) is 56.1 Å². The molecule has 0 spiro atoms. The lowest BCUT2D eigenvalue weighted by atomic mass is 9.74. The van der Waals surface area contributed by atoms with Gasteiger partial charge in [-0.25, -0.2) is 0 Å². The lowest BCUT2D eigenvalue weighted by Crippen LogP contribution is -2.43. The standard InChI is InChI=1S/C22H35N3O2/c1-24(2)16-21(27)23-17-22(18-8-4-3-5-9-18)12-10-19(20(26)11-13-22)25-14-6-7-15-25/h3-5,8-9,19-20,26H,6-7,10-17H2,1-2H3,(H,23,27)/t19-,20-,22-/m0/s1. The van der Waals surface area contributed by atoms with Crippen LogP contribution in [-0.2, 0) is 10.2 Å². The van der Waals surface area contributed by atoms with Crippen LogP contribution in [0.2, 0.25) is 0 Å². The third kappa shape index (κ3) is 5.09. The Balaban J connectivity index is 1.77. The molecular formula is C22H35N3O2. The number of hydrogen-bond acceptors (Lipinski definition) is 4. The molecule has 1 saturated heterocycles. The van der Waals surface area contributed by atoms with Gasteiger partial charge in [0.15, 0.2) is 0 Å². The number of hydrogen-bond donors (Lipinski definition) is 2. The molecule has 5 heteroatoms. The molecule has 5 nitrogen and oxygen atoms in total. The molecule has 1 aliphatic heterocycles. The van der Waals surface area contributed by atoms with E-state index in [0.29, 0.717) is 13.1 Å². The van der Waals surface area contributed by atoms with Gasteiger partial charge in [-0.3, -0.25) is 9.69 Å². The van der Waals surface area contributed by atoms with E-state index in [2.05, 4.69) is 34.5 Å². The number of likely N-dealkylation sites (tertiary alicyclic amines) is 1. The van der Waals surface area contributed by atoms with Crippen LogP contribution in [0.5, 0.6) is 0 Å². The Morgan fingerprint density at radius 2 is 1.85 bits per heavy atom. The second-order valence-corrected chi connectivity index (χ2v) is 8.62. The van der Waals surface area contributed by atoms with Gasteiger partial charge in [0.2, 0.25) is 5.91 Å². The van der Waals surface area contributed by atoms with Gasteiger partial charge in [0, 0.05) is 18.0 Å². The van der Waals surface area contributed by atoms with E-state index >= 15 is 0 Å². The van der Waals surface area contributed by atoms with Crippen LogP contribution in [0, 0.1) is 0 Å². The normalized spacial score (nSPS) is 29.6. The Bertz CT molecular complexity index is 601. The Morgan fingerprint density at radius 3 is 2.52 bits per heavy atom. The van der Waals surface area contributed by atoms with Crippen molar-refractivity contribution in [1.82, 2.24) is 15.1 Å². The predicted octanol–water partition coefficient (Wildman–Crippen LogP) is 2.00. The highest BCUT2D eigenvalue weighted by molar-refractivity contribution is 5.78. The van der Waals surface area contributed by atoms with Crippen molar-refractivity contribution in [2.24, 2.45) is 0 Å². The molecule has 2 fully saturated rings. The fourth-order valence-corrected chi connectivity index (χ4v) is 4.83. The summed E-state index contributed by atoms with van der Waals surface area (Å²) in [4.78, 5) is 16.7. The van der Waals surface area contributed by atoms with E-state index in [9.17, 15) is 9.90 Å². The summed E-state index contributed by atoms with van der Waals surface area (Å²) >= 11 is 0. The molecule has 2 aliphatic rings. The maximum atomic E-state index is 12.3. The molecule has 1 aromatic carbocycles. The smallest absolute Gasteiger partial charge is 0.234 e. The van der Waals surface area contributed by atoms with Gasteiger partial charge in [-0.2, -0.15) is 0 Å². The zero-order valence-electron chi connectivity index (χ0n) is 16.9. The number of nitrogens with one attached hydrogen (secondary N) is 1. The molecule has 150 valence electrons. The first-order valence-electron chi connectivity index (χ1n) is 10.4.